The van der Waals surface area contributed by atoms with Gasteiger partial charge in [0.05, 0.1) is 4.70 Å². The predicted molar refractivity (Wildman–Crippen MR) is 114 cm³/mol. The fourth-order valence-corrected chi connectivity index (χ4v) is 4.47. The summed E-state index contributed by atoms with van der Waals surface area (Å²) >= 11 is 0.760. The third-order valence-electron chi connectivity index (χ3n) is 5.03. The molecule has 4 aromatic rings. The van der Waals surface area contributed by atoms with Crippen LogP contribution in [0.4, 0.5) is 18.3 Å². The van der Waals surface area contributed by atoms with Crippen molar-refractivity contribution < 1.29 is 32.2 Å². The van der Waals surface area contributed by atoms with Crippen LogP contribution in [0.1, 0.15) is 17.0 Å². The zero-order valence-corrected chi connectivity index (χ0v) is 17.4. The summed E-state index contributed by atoms with van der Waals surface area (Å²) in [7, 11) is 0. The second-order valence-electron chi connectivity index (χ2n) is 7.12. The van der Waals surface area contributed by atoms with Crippen LogP contribution in [-0.2, 0) is 14.3 Å². The Morgan fingerprint density at radius 1 is 1.00 bits per heavy atom. The van der Waals surface area contributed by atoms with Crippen molar-refractivity contribution in [3.8, 4) is 11.5 Å². The van der Waals surface area contributed by atoms with Gasteiger partial charge in [0.1, 0.15) is 22.9 Å². The Labute approximate surface area is 188 Å². The Morgan fingerprint density at radius 2 is 1.64 bits per heavy atom. The molecule has 1 N–H and O–H groups in total. The topological polar surface area (TPSA) is 77.5 Å². The number of halogens is 3. The summed E-state index contributed by atoms with van der Waals surface area (Å²) in [6.45, 7) is -0.637. The number of nitrogens with zero attached hydrogens (tertiary/aromatic N) is 1. The lowest BCUT2D eigenvalue weighted by Crippen LogP contribution is -2.26. The van der Waals surface area contributed by atoms with Crippen LogP contribution in [0.3, 0.4) is 0 Å². The number of thiazole rings is 1. The van der Waals surface area contributed by atoms with E-state index in [1.807, 2.05) is 0 Å². The number of para-hydroxylation sites is 2. The molecule has 1 aromatic heterocycles. The van der Waals surface area contributed by atoms with Gasteiger partial charge in [-0.1, -0.05) is 47.7 Å². The molecule has 5 rings (SSSR count). The first kappa shape index (κ1) is 21.0. The first-order valence-corrected chi connectivity index (χ1v) is 10.5. The number of carbonyl (C=O) groups excluding carboxylic acids is 2. The fourth-order valence-electron chi connectivity index (χ4n) is 3.57. The Hall–Kier alpha value is -3.92. The first-order chi connectivity index (χ1) is 15.9. The number of benzene rings is 3. The van der Waals surface area contributed by atoms with Crippen LogP contribution in [-0.4, -0.2) is 23.5 Å². The second kappa shape index (κ2) is 8.21. The van der Waals surface area contributed by atoms with Crippen molar-refractivity contribution in [1.82, 2.24) is 4.98 Å². The predicted octanol–water partition coefficient (Wildman–Crippen LogP) is 5.13. The van der Waals surface area contributed by atoms with E-state index in [0.717, 1.165) is 17.4 Å². The number of rotatable bonds is 4. The highest BCUT2D eigenvalue weighted by molar-refractivity contribution is 7.22. The molecule has 0 aliphatic carbocycles. The van der Waals surface area contributed by atoms with Gasteiger partial charge in [0.25, 0.3) is 5.91 Å². The fraction of sp³-hybridized carbons (Fsp3) is 0.0870. The highest BCUT2D eigenvalue weighted by Crippen LogP contribution is 2.44. The van der Waals surface area contributed by atoms with E-state index in [4.69, 9.17) is 9.47 Å². The van der Waals surface area contributed by atoms with E-state index in [-0.39, 0.29) is 9.83 Å². The van der Waals surface area contributed by atoms with Gasteiger partial charge in [0, 0.05) is 11.1 Å². The van der Waals surface area contributed by atoms with Gasteiger partial charge in [0.15, 0.2) is 29.2 Å². The van der Waals surface area contributed by atoms with Crippen LogP contribution in [0.25, 0.3) is 10.2 Å². The van der Waals surface area contributed by atoms with Crippen molar-refractivity contribution in [1.29, 1.82) is 0 Å². The summed E-state index contributed by atoms with van der Waals surface area (Å²) in [5.41, 5.74) is 0.807. The van der Waals surface area contributed by atoms with E-state index >= 15 is 0 Å². The molecule has 0 saturated carbocycles. The van der Waals surface area contributed by atoms with Crippen LogP contribution < -0.4 is 10.1 Å². The van der Waals surface area contributed by atoms with Gasteiger partial charge < -0.3 is 9.47 Å². The number of fused-ring (bicyclic) bond motifs is 3. The van der Waals surface area contributed by atoms with Crippen molar-refractivity contribution in [2.75, 3.05) is 11.9 Å². The van der Waals surface area contributed by atoms with Gasteiger partial charge in [-0.05, 0) is 18.2 Å². The van der Waals surface area contributed by atoms with E-state index in [1.165, 1.54) is 0 Å². The maximum Gasteiger partial charge on any atom is 0.318 e. The van der Waals surface area contributed by atoms with Gasteiger partial charge in [-0.15, -0.1) is 0 Å². The molecular formula is C23H13F3N2O4S. The van der Waals surface area contributed by atoms with Crippen molar-refractivity contribution in [2.45, 2.75) is 5.92 Å². The summed E-state index contributed by atoms with van der Waals surface area (Å²) in [4.78, 5) is 29.0. The standard InChI is InChI=1S/C23H13F3N2O4S/c24-13-9-16-21(20(26)19(13)25)28-23(33-16)27-17(29)10-31-22(30)18-11-5-1-3-7-14(11)32-15-8-4-2-6-12(15)18/h1-9,18H,10H2,(H,27,28,29). The average molecular weight is 470 g/mol. The lowest BCUT2D eigenvalue weighted by Gasteiger charge is -2.26. The molecule has 0 saturated heterocycles. The molecule has 166 valence electrons. The molecule has 1 aliphatic heterocycles. The summed E-state index contributed by atoms with van der Waals surface area (Å²) in [5, 5.41) is 2.26. The minimum atomic E-state index is -1.64. The molecule has 0 bridgehead atoms. The van der Waals surface area contributed by atoms with Crippen LogP contribution in [0, 0.1) is 17.5 Å². The zero-order chi connectivity index (χ0) is 23.1. The normalized spacial score (nSPS) is 12.6. The largest absolute Gasteiger partial charge is 0.457 e. The van der Waals surface area contributed by atoms with Crippen LogP contribution in [0.2, 0.25) is 0 Å². The number of ether oxygens (including phenoxy) is 2. The molecule has 0 spiro atoms. The first-order valence-electron chi connectivity index (χ1n) is 9.68. The van der Waals surface area contributed by atoms with E-state index in [9.17, 15) is 22.8 Å². The summed E-state index contributed by atoms with van der Waals surface area (Å²) in [5.74, 6) is -5.60. The van der Waals surface area contributed by atoms with E-state index < -0.39 is 47.4 Å². The molecule has 2 heterocycles. The van der Waals surface area contributed by atoms with E-state index in [2.05, 4.69) is 10.3 Å². The van der Waals surface area contributed by atoms with E-state index in [1.54, 1.807) is 48.5 Å². The van der Waals surface area contributed by atoms with Crippen LogP contribution >= 0.6 is 11.3 Å². The minimum absolute atomic E-state index is 0.0223. The molecule has 0 unspecified atom stereocenters. The molecule has 3 aromatic carbocycles. The third kappa shape index (κ3) is 3.78. The molecule has 33 heavy (non-hydrogen) atoms. The number of anilines is 1. The van der Waals surface area contributed by atoms with Crippen molar-refractivity contribution in [3.05, 3.63) is 83.2 Å². The number of nitrogens with one attached hydrogen (secondary N) is 1. The van der Waals surface area contributed by atoms with Gasteiger partial charge in [-0.3, -0.25) is 14.9 Å². The van der Waals surface area contributed by atoms with Gasteiger partial charge in [-0.2, -0.15) is 0 Å². The van der Waals surface area contributed by atoms with Crippen LogP contribution in [0.15, 0.2) is 54.6 Å². The molecule has 6 nitrogen and oxygen atoms in total. The maximum atomic E-state index is 13.8. The lowest BCUT2D eigenvalue weighted by molar-refractivity contribution is -0.148. The highest BCUT2D eigenvalue weighted by Gasteiger charge is 2.34. The molecule has 1 aliphatic rings. The van der Waals surface area contributed by atoms with E-state index in [0.29, 0.717) is 22.6 Å². The molecule has 0 radical (unpaired) electrons. The zero-order valence-electron chi connectivity index (χ0n) is 16.6. The Morgan fingerprint density at radius 3 is 2.30 bits per heavy atom. The molecule has 0 atom stereocenters. The van der Waals surface area contributed by atoms with Gasteiger partial charge in [0.2, 0.25) is 0 Å². The molecule has 0 fully saturated rings. The summed E-state index contributed by atoms with van der Waals surface area (Å²) in [6.07, 6.45) is 0. The summed E-state index contributed by atoms with van der Waals surface area (Å²) in [6, 6.07) is 14.8. The quantitative estimate of drug-likeness (QED) is 0.330. The lowest BCUT2D eigenvalue weighted by atomic mass is 9.88. The smallest absolute Gasteiger partial charge is 0.318 e. The number of aromatic nitrogens is 1. The Balaban J connectivity index is 1.32. The number of hydrogen-bond donors (Lipinski definition) is 1. The number of carbonyl (C=O) groups is 2. The Kier molecular flexibility index (Phi) is 5.21. The van der Waals surface area contributed by atoms with Crippen LogP contribution in [0.5, 0.6) is 11.5 Å². The monoisotopic (exact) mass is 470 g/mol. The number of amides is 1. The Bertz CT molecular complexity index is 1380. The second-order valence-corrected chi connectivity index (χ2v) is 8.15. The van der Waals surface area contributed by atoms with Crippen molar-refractivity contribution in [2.24, 2.45) is 0 Å². The highest BCUT2D eigenvalue weighted by atomic mass is 32.1. The molecular weight excluding hydrogens is 457 g/mol. The maximum absolute atomic E-state index is 13.8. The minimum Gasteiger partial charge on any atom is -0.457 e. The van der Waals surface area contributed by atoms with Gasteiger partial charge in [-0.25, -0.2) is 18.2 Å². The molecule has 1 amide bonds. The number of hydrogen-bond acceptors (Lipinski definition) is 6. The van der Waals surface area contributed by atoms with Gasteiger partial charge >= 0.3 is 5.97 Å². The molecule has 10 heteroatoms. The van der Waals surface area contributed by atoms with Crippen molar-refractivity contribution in [3.63, 3.8) is 0 Å². The average Bonchev–Trinajstić information content (AvgIpc) is 3.21. The van der Waals surface area contributed by atoms with Crippen molar-refractivity contribution >= 4 is 38.6 Å². The SMILES string of the molecule is O=C(COC(=O)C1c2ccccc2Oc2ccccc21)Nc1nc2c(F)c(F)c(F)cc2s1. The third-order valence-corrected chi connectivity index (χ3v) is 5.95. The summed E-state index contributed by atoms with van der Waals surface area (Å²) < 4.78 is 51.7. The number of esters is 1.